The molecule has 1 heterocycles. The number of aromatic hydroxyl groups is 1. The van der Waals surface area contributed by atoms with Crippen molar-refractivity contribution in [2.45, 2.75) is 19.3 Å². The van der Waals surface area contributed by atoms with Crippen LogP contribution in [0.5, 0.6) is 5.75 Å². The number of rotatable bonds is 6. The summed E-state index contributed by atoms with van der Waals surface area (Å²) in [7, 11) is 0. The van der Waals surface area contributed by atoms with Crippen LogP contribution in [0.3, 0.4) is 0 Å². The van der Waals surface area contributed by atoms with Crippen molar-refractivity contribution in [1.82, 2.24) is 5.32 Å². The molecule has 4 heteroatoms. The monoisotopic (exact) mass is 275 g/mol. The van der Waals surface area contributed by atoms with E-state index in [0.29, 0.717) is 18.7 Å². The van der Waals surface area contributed by atoms with Gasteiger partial charge in [-0.25, -0.2) is 0 Å². The molecule has 0 fully saturated rings. The molecule has 0 saturated carbocycles. The van der Waals surface area contributed by atoms with E-state index in [1.54, 1.807) is 23.5 Å². The molecule has 0 saturated heterocycles. The van der Waals surface area contributed by atoms with Gasteiger partial charge in [0.15, 0.2) is 0 Å². The largest absolute Gasteiger partial charge is 0.508 e. The van der Waals surface area contributed by atoms with E-state index in [0.717, 1.165) is 23.3 Å². The number of carbonyl (C=O) groups is 1. The zero-order chi connectivity index (χ0) is 13.5. The number of nitrogens with one attached hydrogen (secondary N) is 1. The molecule has 0 aliphatic rings. The number of benzene rings is 1. The maximum atomic E-state index is 11.6. The Hall–Kier alpha value is -1.81. The predicted octanol–water partition coefficient (Wildman–Crippen LogP) is 2.75. The average molecular weight is 275 g/mol. The van der Waals surface area contributed by atoms with Gasteiger partial charge < -0.3 is 10.4 Å². The molecule has 1 amide bonds. The van der Waals surface area contributed by atoms with Crippen LogP contribution in [0.25, 0.3) is 0 Å². The van der Waals surface area contributed by atoms with Crippen molar-refractivity contribution in [2.75, 3.05) is 6.54 Å². The van der Waals surface area contributed by atoms with Crippen LogP contribution in [-0.4, -0.2) is 17.6 Å². The first-order valence-electron chi connectivity index (χ1n) is 6.31. The van der Waals surface area contributed by atoms with Crippen LogP contribution in [-0.2, 0) is 17.6 Å². The van der Waals surface area contributed by atoms with E-state index in [1.165, 1.54) is 0 Å². The Morgan fingerprint density at radius 3 is 2.89 bits per heavy atom. The number of carbonyl (C=O) groups excluding carboxylic acids is 1. The van der Waals surface area contributed by atoms with Crippen LogP contribution in [0.2, 0.25) is 0 Å². The molecule has 100 valence electrons. The van der Waals surface area contributed by atoms with Crippen LogP contribution in [0, 0.1) is 0 Å². The Labute approximate surface area is 116 Å². The van der Waals surface area contributed by atoms with Crippen molar-refractivity contribution in [3.63, 3.8) is 0 Å². The fourth-order valence-electron chi connectivity index (χ4n) is 1.87. The maximum Gasteiger partial charge on any atom is 0.225 e. The molecule has 2 rings (SSSR count). The quantitative estimate of drug-likeness (QED) is 0.796. The molecule has 0 atom stereocenters. The summed E-state index contributed by atoms with van der Waals surface area (Å²) in [6, 6.07) is 11.2. The molecule has 0 unspecified atom stereocenters. The summed E-state index contributed by atoms with van der Waals surface area (Å²) in [5.41, 5.74) is 1.09. The molecule has 19 heavy (non-hydrogen) atoms. The van der Waals surface area contributed by atoms with Crippen molar-refractivity contribution in [2.24, 2.45) is 0 Å². The molecule has 1 aromatic heterocycles. The van der Waals surface area contributed by atoms with E-state index in [9.17, 15) is 9.90 Å². The van der Waals surface area contributed by atoms with Crippen molar-refractivity contribution >= 4 is 17.2 Å². The Kier molecular flexibility index (Phi) is 4.98. The lowest BCUT2D eigenvalue weighted by Gasteiger charge is -2.05. The molecule has 0 aliphatic carbocycles. The Balaban J connectivity index is 1.65. The molecule has 0 bridgehead atoms. The average Bonchev–Trinajstić information content (AvgIpc) is 2.87. The lowest BCUT2D eigenvalue weighted by molar-refractivity contribution is -0.120. The van der Waals surface area contributed by atoms with Gasteiger partial charge in [-0.3, -0.25) is 4.79 Å². The van der Waals surface area contributed by atoms with Gasteiger partial charge in [0.25, 0.3) is 0 Å². The van der Waals surface area contributed by atoms with E-state index in [4.69, 9.17) is 0 Å². The second kappa shape index (κ2) is 6.95. The highest BCUT2D eigenvalue weighted by atomic mass is 32.1. The fourth-order valence-corrected chi connectivity index (χ4v) is 2.57. The first kappa shape index (κ1) is 13.6. The van der Waals surface area contributed by atoms with Gasteiger partial charge in [0, 0.05) is 11.4 Å². The molecule has 0 aliphatic heterocycles. The zero-order valence-corrected chi connectivity index (χ0v) is 11.5. The number of hydrogen-bond donors (Lipinski definition) is 2. The van der Waals surface area contributed by atoms with Gasteiger partial charge in [0.05, 0.1) is 6.42 Å². The molecule has 3 nitrogen and oxygen atoms in total. The van der Waals surface area contributed by atoms with Crippen molar-refractivity contribution in [3.05, 3.63) is 52.2 Å². The molecular formula is C15H17NO2S. The molecule has 1 aromatic carbocycles. The first-order valence-corrected chi connectivity index (χ1v) is 7.19. The molecule has 2 N–H and O–H groups in total. The minimum absolute atomic E-state index is 0.0679. The van der Waals surface area contributed by atoms with Crippen LogP contribution in [0.15, 0.2) is 41.8 Å². The number of amides is 1. The molecule has 2 aromatic rings. The van der Waals surface area contributed by atoms with Crippen LogP contribution in [0.4, 0.5) is 0 Å². The second-order valence-electron chi connectivity index (χ2n) is 4.38. The van der Waals surface area contributed by atoms with E-state index in [2.05, 4.69) is 5.32 Å². The van der Waals surface area contributed by atoms with Crippen LogP contribution >= 0.6 is 11.3 Å². The van der Waals surface area contributed by atoms with Gasteiger partial charge in [-0.1, -0.05) is 18.2 Å². The van der Waals surface area contributed by atoms with Gasteiger partial charge in [0.1, 0.15) is 5.75 Å². The van der Waals surface area contributed by atoms with Gasteiger partial charge in [-0.15, -0.1) is 11.3 Å². The van der Waals surface area contributed by atoms with Crippen LogP contribution in [0.1, 0.15) is 16.9 Å². The Morgan fingerprint density at radius 1 is 1.26 bits per heavy atom. The zero-order valence-electron chi connectivity index (χ0n) is 10.6. The summed E-state index contributed by atoms with van der Waals surface area (Å²) in [4.78, 5) is 12.7. The molecule has 0 spiro atoms. The van der Waals surface area contributed by atoms with E-state index in [-0.39, 0.29) is 5.91 Å². The number of phenols is 1. The van der Waals surface area contributed by atoms with Gasteiger partial charge >= 0.3 is 0 Å². The highest BCUT2D eigenvalue weighted by Gasteiger charge is 2.03. The molecule has 0 radical (unpaired) electrons. The van der Waals surface area contributed by atoms with Gasteiger partial charge in [0.2, 0.25) is 5.91 Å². The van der Waals surface area contributed by atoms with Gasteiger partial charge in [-0.05, 0) is 42.0 Å². The first-order chi connectivity index (χ1) is 9.24. The van der Waals surface area contributed by atoms with Crippen molar-refractivity contribution in [3.8, 4) is 5.75 Å². The number of hydrogen-bond acceptors (Lipinski definition) is 3. The summed E-state index contributed by atoms with van der Waals surface area (Å²) in [6.45, 7) is 0.667. The summed E-state index contributed by atoms with van der Waals surface area (Å²) >= 11 is 1.60. The smallest absolute Gasteiger partial charge is 0.225 e. The number of phenolic OH excluding ortho intramolecular Hbond substituents is 1. The lowest BCUT2D eigenvalue weighted by atomic mass is 10.1. The fraction of sp³-hybridized carbons (Fsp3) is 0.267. The Bertz CT molecular complexity index is 523. The topological polar surface area (TPSA) is 49.3 Å². The summed E-state index contributed by atoms with van der Waals surface area (Å²) in [5, 5.41) is 14.2. The van der Waals surface area contributed by atoms with Gasteiger partial charge in [-0.2, -0.15) is 0 Å². The SMILES string of the molecule is O=C(Cc1cccs1)NCCCc1cccc(O)c1. The summed E-state index contributed by atoms with van der Waals surface area (Å²) < 4.78 is 0. The minimum Gasteiger partial charge on any atom is -0.508 e. The third kappa shape index (κ3) is 4.75. The number of aryl methyl sites for hydroxylation is 1. The third-order valence-corrected chi connectivity index (χ3v) is 3.67. The third-order valence-electron chi connectivity index (χ3n) is 2.79. The maximum absolute atomic E-state index is 11.6. The van der Waals surface area contributed by atoms with E-state index >= 15 is 0 Å². The highest BCUT2D eigenvalue weighted by molar-refractivity contribution is 7.10. The van der Waals surface area contributed by atoms with Crippen LogP contribution < -0.4 is 5.32 Å². The van der Waals surface area contributed by atoms with Crippen molar-refractivity contribution < 1.29 is 9.90 Å². The summed E-state index contributed by atoms with van der Waals surface area (Å²) in [6.07, 6.45) is 2.19. The normalized spacial score (nSPS) is 10.3. The Morgan fingerprint density at radius 2 is 2.16 bits per heavy atom. The lowest BCUT2D eigenvalue weighted by Crippen LogP contribution is -2.26. The highest BCUT2D eigenvalue weighted by Crippen LogP contribution is 2.12. The van der Waals surface area contributed by atoms with E-state index in [1.807, 2.05) is 29.6 Å². The number of thiophene rings is 1. The van der Waals surface area contributed by atoms with Crippen molar-refractivity contribution in [1.29, 1.82) is 0 Å². The van der Waals surface area contributed by atoms with E-state index < -0.39 is 0 Å². The predicted molar refractivity (Wildman–Crippen MR) is 77.5 cm³/mol. The minimum atomic E-state index is 0.0679. The molecular weight excluding hydrogens is 258 g/mol. The standard InChI is InChI=1S/C15H17NO2S/c17-13-6-1-4-12(10-13)5-2-8-16-15(18)11-14-7-3-9-19-14/h1,3-4,6-7,9-10,17H,2,5,8,11H2,(H,16,18). The second-order valence-corrected chi connectivity index (χ2v) is 5.41. The summed E-state index contributed by atoms with van der Waals surface area (Å²) in [5.74, 6) is 0.359.